The number of rotatable bonds is 1. The summed E-state index contributed by atoms with van der Waals surface area (Å²) in [6.45, 7) is 3.03. The van der Waals surface area contributed by atoms with E-state index in [1.165, 1.54) is 19.5 Å². The number of aromatic amines is 1. The van der Waals surface area contributed by atoms with E-state index in [-0.39, 0.29) is 11.2 Å². The van der Waals surface area contributed by atoms with Crippen LogP contribution in [0.15, 0.2) is 15.7 Å². The number of aromatic nitrogens is 2. The number of piperidine rings is 1. The summed E-state index contributed by atoms with van der Waals surface area (Å²) in [6, 6.07) is 1.89. The Balaban J connectivity index is 2.40. The van der Waals surface area contributed by atoms with Crippen molar-refractivity contribution in [3.8, 4) is 0 Å². The van der Waals surface area contributed by atoms with Crippen molar-refractivity contribution < 1.29 is 0 Å². The third-order valence-electron chi connectivity index (χ3n) is 3.24. The Kier molecular flexibility index (Phi) is 2.85. The van der Waals surface area contributed by atoms with Crippen LogP contribution in [0.2, 0.25) is 0 Å². The second kappa shape index (κ2) is 4.15. The summed E-state index contributed by atoms with van der Waals surface area (Å²) in [7, 11) is 1.48. The van der Waals surface area contributed by atoms with Crippen molar-refractivity contribution in [2.45, 2.75) is 32.2 Å². The average Bonchev–Trinajstić information content (AvgIpc) is 2.26. The SMILES string of the molecule is CC1CCCCN1c1cc(=O)n(C)c(=O)[nH]1. The first kappa shape index (κ1) is 11.0. The molecule has 5 nitrogen and oxygen atoms in total. The fraction of sp³-hybridized carbons (Fsp3) is 0.636. The zero-order valence-corrected chi connectivity index (χ0v) is 9.69. The Morgan fingerprint density at radius 1 is 1.38 bits per heavy atom. The highest BCUT2D eigenvalue weighted by atomic mass is 16.2. The molecule has 0 radical (unpaired) electrons. The van der Waals surface area contributed by atoms with Crippen LogP contribution in [0.4, 0.5) is 5.82 Å². The fourth-order valence-corrected chi connectivity index (χ4v) is 2.15. The molecule has 1 atom stereocenters. The van der Waals surface area contributed by atoms with Gasteiger partial charge in [-0.1, -0.05) is 0 Å². The van der Waals surface area contributed by atoms with E-state index in [4.69, 9.17) is 0 Å². The van der Waals surface area contributed by atoms with E-state index in [1.54, 1.807) is 0 Å². The highest BCUT2D eigenvalue weighted by Gasteiger charge is 2.19. The van der Waals surface area contributed by atoms with Gasteiger partial charge in [0.1, 0.15) is 5.82 Å². The number of nitrogens with one attached hydrogen (secondary N) is 1. The molecule has 1 aromatic rings. The molecular formula is C11H17N3O2. The number of H-pyrrole nitrogens is 1. The standard InChI is InChI=1S/C11H17N3O2/c1-8-5-3-4-6-14(8)9-7-10(15)13(2)11(16)12-9/h7-8H,3-6H2,1-2H3,(H,12,16). The number of hydrogen-bond acceptors (Lipinski definition) is 3. The first-order chi connectivity index (χ1) is 7.59. The minimum Gasteiger partial charge on any atom is -0.355 e. The van der Waals surface area contributed by atoms with Gasteiger partial charge in [-0.3, -0.25) is 14.3 Å². The Morgan fingerprint density at radius 2 is 2.12 bits per heavy atom. The van der Waals surface area contributed by atoms with Gasteiger partial charge in [-0.2, -0.15) is 0 Å². The minimum absolute atomic E-state index is 0.253. The average molecular weight is 223 g/mol. The lowest BCUT2D eigenvalue weighted by Gasteiger charge is -2.34. The molecule has 1 unspecified atom stereocenters. The quantitative estimate of drug-likeness (QED) is 0.752. The lowest BCUT2D eigenvalue weighted by molar-refractivity contribution is 0.479. The highest BCUT2D eigenvalue weighted by molar-refractivity contribution is 5.38. The summed E-state index contributed by atoms with van der Waals surface area (Å²) in [5.74, 6) is 0.653. The summed E-state index contributed by atoms with van der Waals surface area (Å²) in [6.07, 6.45) is 3.44. The largest absolute Gasteiger partial charge is 0.355 e. The van der Waals surface area contributed by atoms with Crippen LogP contribution >= 0.6 is 0 Å². The van der Waals surface area contributed by atoms with Gasteiger partial charge in [0.25, 0.3) is 5.56 Å². The molecule has 1 aliphatic heterocycles. The first-order valence-electron chi connectivity index (χ1n) is 5.66. The topological polar surface area (TPSA) is 58.1 Å². The van der Waals surface area contributed by atoms with Gasteiger partial charge < -0.3 is 4.90 Å². The third kappa shape index (κ3) is 1.89. The molecule has 0 aromatic carbocycles. The molecule has 1 N–H and O–H groups in total. The Bertz CT molecular complexity index is 457. The van der Waals surface area contributed by atoms with Crippen molar-refractivity contribution in [2.24, 2.45) is 7.05 Å². The molecule has 0 bridgehead atoms. The zero-order valence-electron chi connectivity index (χ0n) is 9.69. The third-order valence-corrected chi connectivity index (χ3v) is 3.24. The van der Waals surface area contributed by atoms with E-state index in [1.807, 2.05) is 0 Å². The van der Waals surface area contributed by atoms with E-state index >= 15 is 0 Å². The number of anilines is 1. The van der Waals surface area contributed by atoms with Gasteiger partial charge in [0, 0.05) is 25.7 Å². The fourth-order valence-electron chi connectivity index (χ4n) is 2.15. The van der Waals surface area contributed by atoms with E-state index in [0.717, 1.165) is 24.0 Å². The lowest BCUT2D eigenvalue weighted by atomic mass is 10.0. The predicted molar refractivity (Wildman–Crippen MR) is 63.0 cm³/mol. The van der Waals surface area contributed by atoms with Crippen LogP contribution in [0.3, 0.4) is 0 Å². The highest BCUT2D eigenvalue weighted by Crippen LogP contribution is 2.20. The van der Waals surface area contributed by atoms with Crippen molar-refractivity contribution >= 4 is 5.82 Å². The van der Waals surface area contributed by atoms with E-state index in [2.05, 4.69) is 16.8 Å². The second-order valence-electron chi connectivity index (χ2n) is 4.40. The normalized spacial score (nSPS) is 21.1. The Hall–Kier alpha value is -1.52. The summed E-state index contributed by atoms with van der Waals surface area (Å²) < 4.78 is 1.08. The van der Waals surface area contributed by atoms with E-state index in [9.17, 15) is 9.59 Å². The summed E-state index contributed by atoms with van der Waals surface area (Å²) >= 11 is 0. The van der Waals surface area contributed by atoms with E-state index < -0.39 is 0 Å². The maximum absolute atomic E-state index is 11.5. The molecular weight excluding hydrogens is 206 g/mol. The molecule has 2 rings (SSSR count). The molecule has 0 amide bonds. The van der Waals surface area contributed by atoms with Gasteiger partial charge in [0.15, 0.2) is 0 Å². The minimum atomic E-state index is -0.347. The van der Waals surface area contributed by atoms with Crippen molar-refractivity contribution in [1.82, 2.24) is 9.55 Å². The van der Waals surface area contributed by atoms with Gasteiger partial charge in [0.2, 0.25) is 0 Å². The molecule has 16 heavy (non-hydrogen) atoms. The molecule has 1 saturated heterocycles. The Labute approximate surface area is 93.7 Å². The van der Waals surface area contributed by atoms with Crippen molar-refractivity contribution in [1.29, 1.82) is 0 Å². The molecule has 0 spiro atoms. The van der Waals surface area contributed by atoms with Crippen LogP contribution in [0.5, 0.6) is 0 Å². The number of nitrogens with zero attached hydrogens (tertiary/aromatic N) is 2. The molecule has 5 heteroatoms. The van der Waals surface area contributed by atoms with Crippen LogP contribution in [0.1, 0.15) is 26.2 Å². The first-order valence-corrected chi connectivity index (χ1v) is 5.66. The van der Waals surface area contributed by atoms with Crippen LogP contribution in [0, 0.1) is 0 Å². The summed E-state index contributed by atoms with van der Waals surface area (Å²) in [5, 5.41) is 0. The molecule has 1 aromatic heterocycles. The monoisotopic (exact) mass is 223 g/mol. The lowest BCUT2D eigenvalue weighted by Crippen LogP contribution is -2.41. The molecule has 1 aliphatic rings. The maximum Gasteiger partial charge on any atom is 0.329 e. The smallest absolute Gasteiger partial charge is 0.329 e. The summed E-state index contributed by atoms with van der Waals surface area (Å²) in [5.41, 5.74) is -0.600. The Morgan fingerprint density at radius 3 is 2.75 bits per heavy atom. The summed E-state index contributed by atoms with van der Waals surface area (Å²) in [4.78, 5) is 27.9. The molecule has 0 saturated carbocycles. The number of hydrogen-bond donors (Lipinski definition) is 1. The van der Waals surface area contributed by atoms with Gasteiger partial charge in [-0.05, 0) is 26.2 Å². The van der Waals surface area contributed by atoms with Gasteiger partial charge >= 0.3 is 5.69 Å². The van der Waals surface area contributed by atoms with Crippen LogP contribution in [-0.4, -0.2) is 22.1 Å². The molecule has 2 heterocycles. The van der Waals surface area contributed by atoms with Gasteiger partial charge in [0.05, 0.1) is 0 Å². The van der Waals surface area contributed by atoms with Gasteiger partial charge in [-0.15, -0.1) is 0 Å². The van der Waals surface area contributed by atoms with Crippen molar-refractivity contribution in [3.63, 3.8) is 0 Å². The molecule has 1 fully saturated rings. The van der Waals surface area contributed by atoms with Crippen LogP contribution in [0.25, 0.3) is 0 Å². The zero-order chi connectivity index (χ0) is 11.7. The van der Waals surface area contributed by atoms with Crippen molar-refractivity contribution in [3.05, 3.63) is 26.9 Å². The van der Waals surface area contributed by atoms with Gasteiger partial charge in [-0.25, -0.2) is 4.79 Å². The van der Waals surface area contributed by atoms with Crippen LogP contribution < -0.4 is 16.1 Å². The molecule has 88 valence electrons. The maximum atomic E-state index is 11.5. The van der Waals surface area contributed by atoms with Crippen LogP contribution in [-0.2, 0) is 7.05 Å². The second-order valence-corrected chi connectivity index (χ2v) is 4.40. The van der Waals surface area contributed by atoms with E-state index in [0.29, 0.717) is 11.9 Å². The van der Waals surface area contributed by atoms with Crippen molar-refractivity contribution in [2.75, 3.05) is 11.4 Å². The predicted octanol–water partition coefficient (Wildman–Crippen LogP) is 0.452. The molecule has 0 aliphatic carbocycles.